The van der Waals surface area contributed by atoms with E-state index < -0.39 is 5.91 Å². The van der Waals surface area contributed by atoms with Crippen molar-refractivity contribution in [1.29, 1.82) is 5.26 Å². The van der Waals surface area contributed by atoms with Crippen LogP contribution in [0.2, 0.25) is 5.02 Å². The molecule has 3 aromatic carbocycles. The summed E-state index contributed by atoms with van der Waals surface area (Å²) in [5.74, 6) is 0.679. The molecule has 0 aliphatic carbocycles. The van der Waals surface area contributed by atoms with Crippen LogP contribution in [0.15, 0.2) is 59.7 Å². The second-order valence-corrected chi connectivity index (χ2v) is 8.34. The van der Waals surface area contributed by atoms with Crippen molar-refractivity contribution >= 4 is 46.3 Å². The molecule has 0 bridgehead atoms. The van der Waals surface area contributed by atoms with E-state index in [1.165, 1.54) is 6.21 Å². The molecule has 0 aromatic heterocycles. The third-order valence-corrected chi connectivity index (χ3v) is 5.62. The Morgan fingerprint density at radius 3 is 2.75 bits per heavy atom. The molecule has 0 saturated heterocycles. The maximum atomic E-state index is 12.3. The van der Waals surface area contributed by atoms with Crippen molar-refractivity contribution in [3.8, 4) is 17.6 Å². The molecular weight excluding hydrogens is 541 g/mol. The number of hydrogen-bond donors (Lipinski definition) is 1. The maximum Gasteiger partial charge on any atom is 0.272 e. The van der Waals surface area contributed by atoms with Crippen molar-refractivity contribution in [2.75, 3.05) is 7.11 Å². The molecule has 0 spiro atoms. The van der Waals surface area contributed by atoms with Crippen molar-refractivity contribution < 1.29 is 14.3 Å². The Balaban J connectivity index is 1.73. The highest BCUT2D eigenvalue weighted by Crippen LogP contribution is 2.34. The molecule has 6 nitrogen and oxygen atoms in total. The lowest BCUT2D eigenvalue weighted by atomic mass is 10.1. The number of nitrogens with zero attached hydrogens (tertiary/aromatic N) is 2. The average molecular weight is 560 g/mol. The third-order valence-electron chi connectivity index (χ3n) is 4.51. The number of hydrogen-bond acceptors (Lipinski definition) is 5. The smallest absolute Gasteiger partial charge is 0.272 e. The first kappa shape index (κ1) is 23.6. The van der Waals surface area contributed by atoms with Crippen LogP contribution in [-0.4, -0.2) is 19.2 Å². The lowest BCUT2D eigenvalue weighted by Crippen LogP contribution is -2.18. The zero-order valence-corrected chi connectivity index (χ0v) is 20.3. The molecule has 0 atom stereocenters. The first-order valence-corrected chi connectivity index (χ1v) is 11.0. The van der Waals surface area contributed by atoms with E-state index in [9.17, 15) is 10.1 Å². The molecule has 3 rings (SSSR count). The van der Waals surface area contributed by atoms with Crippen LogP contribution in [0.3, 0.4) is 0 Å². The van der Waals surface area contributed by atoms with Crippen molar-refractivity contribution in [3.63, 3.8) is 0 Å². The van der Waals surface area contributed by atoms with Gasteiger partial charge in [-0.15, -0.1) is 0 Å². The zero-order valence-electron chi connectivity index (χ0n) is 17.4. The highest BCUT2D eigenvalue weighted by Gasteiger charge is 2.13. The minimum atomic E-state index is -0.399. The molecule has 0 aliphatic heterocycles. The molecule has 1 amide bonds. The monoisotopic (exact) mass is 559 g/mol. The summed E-state index contributed by atoms with van der Waals surface area (Å²) >= 11 is 8.27. The van der Waals surface area contributed by atoms with E-state index in [1.807, 2.05) is 37.3 Å². The fraction of sp³-hybridized carbons (Fsp3) is 0.125. The number of carbonyl (C=O) groups is 1. The number of halogens is 2. The largest absolute Gasteiger partial charge is 0.493 e. The number of rotatable bonds is 7. The molecule has 0 radical (unpaired) electrons. The highest BCUT2D eigenvalue weighted by molar-refractivity contribution is 14.1. The Labute approximate surface area is 204 Å². The standard InChI is InChI=1S/C24H19ClIN3O3/c1-15-7-8-19(20(25)9-15)24(30)29-28-13-16-10-21(26)23(22(11-16)31-2)32-14-18-6-4-3-5-17(18)12-27/h3-11,13H,14H2,1-2H3,(H,29,30)/b28-13-. The first-order chi connectivity index (χ1) is 15.4. The van der Waals surface area contributed by atoms with Gasteiger partial charge in [0.2, 0.25) is 0 Å². The van der Waals surface area contributed by atoms with Gasteiger partial charge in [-0.3, -0.25) is 4.79 Å². The number of hydrazone groups is 1. The van der Waals surface area contributed by atoms with Gasteiger partial charge in [-0.1, -0.05) is 35.9 Å². The number of amides is 1. The summed E-state index contributed by atoms with van der Waals surface area (Å²) in [5.41, 5.74) is 5.86. The molecule has 0 unspecified atom stereocenters. The van der Waals surface area contributed by atoms with Crippen molar-refractivity contribution in [2.24, 2.45) is 5.10 Å². The fourth-order valence-electron chi connectivity index (χ4n) is 2.89. The van der Waals surface area contributed by atoms with E-state index in [0.717, 1.165) is 14.7 Å². The lowest BCUT2D eigenvalue weighted by Gasteiger charge is -2.14. The van der Waals surface area contributed by atoms with Gasteiger partial charge in [0.25, 0.3) is 5.91 Å². The SMILES string of the molecule is COc1cc(/C=N\NC(=O)c2ccc(C)cc2Cl)cc(I)c1OCc1ccccc1C#N. The van der Waals surface area contributed by atoms with E-state index in [4.69, 9.17) is 21.1 Å². The molecule has 0 saturated carbocycles. The molecule has 0 heterocycles. The summed E-state index contributed by atoms with van der Waals surface area (Å²) in [6, 6.07) is 18.2. The molecule has 1 N–H and O–H groups in total. The van der Waals surface area contributed by atoms with E-state index in [0.29, 0.717) is 33.2 Å². The van der Waals surface area contributed by atoms with Gasteiger partial charge < -0.3 is 9.47 Å². The predicted molar refractivity (Wildman–Crippen MR) is 132 cm³/mol. The van der Waals surface area contributed by atoms with Crippen LogP contribution in [0.1, 0.15) is 32.6 Å². The maximum absolute atomic E-state index is 12.3. The summed E-state index contributed by atoms with van der Waals surface area (Å²) in [4.78, 5) is 12.3. The second kappa shape index (κ2) is 11.0. The van der Waals surface area contributed by atoms with Crippen LogP contribution in [0.5, 0.6) is 11.5 Å². The number of benzene rings is 3. The third kappa shape index (κ3) is 5.78. The number of nitriles is 1. The minimum Gasteiger partial charge on any atom is -0.493 e. The quantitative estimate of drug-likeness (QED) is 0.236. The number of aryl methyl sites for hydroxylation is 1. The van der Waals surface area contributed by atoms with Crippen LogP contribution in [0.25, 0.3) is 0 Å². The normalized spacial score (nSPS) is 10.6. The lowest BCUT2D eigenvalue weighted by molar-refractivity contribution is 0.0955. The van der Waals surface area contributed by atoms with Crippen molar-refractivity contribution in [1.82, 2.24) is 5.43 Å². The second-order valence-electron chi connectivity index (χ2n) is 6.77. The molecule has 32 heavy (non-hydrogen) atoms. The topological polar surface area (TPSA) is 83.7 Å². The van der Waals surface area contributed by atoms with Crippen LogP contribution in [0, 0.1) is 21.8 Å². The Kier molecular flexibility index (Phi) is 8.09. The number of methoxy groups -OCH3 is 1. The number of carbonyl (C=O) groups excluding carboxylic acids is 1. The van der Waals surface area contributed by atoms with Crippen LogP contribution in [0.4, 0.5) is 0 Å². The zero-order chi connectivity index (χ0) is 23.1. The molecule has 0 fully saturated rings. The van der Waals surface area contributed by atoms with Gasteiger partial charge in [-0.25, -0.2) is 5.43 Å². The predicted octanol–water partition coefficient (Wildman–Crippen LogP) is 5.48. The summed E-state index contributed by atoms with van der Waals surface area (Å²) < 4.78 is 12.2. The van der Waals surface area contributed by atoms with Crippen LogP contribution in [-0.2, 0) is 6.61 Å². The van der Waals surface area contributed by atoms with Crippen LogP contribution < -0.4 is 14.9 Å². The van der Waals surface area contributed by atoms with Gasteiger partial charge in [0.05, 0.1) is 39.1 Å². The van der Waals surface area contributed by atoms with Gasteiger partial charge in [-0.05, 0) is 71.0 Å². The van der Waals surface area contributed by atoms with E-state index >= 15 is 0 Å². The first-order valence-electron chi connectivity index (χ1n) is 9.50. The van der Waals surface area contributed by atoms with Gasteiger partial charge in [0, 0.05) is 5.56 Å². The van der Waals surface area contributed by atoms with E-state index in [1.54, 1.807) is 31.4 Å². The highest BCUT2D eigenvalue weighted by atomic mass is 127. The Hall–Kier alpha value is -3.09. The van der Waals surface area contributed by atoms with E-state index in [2.05, 4.69) is 39.2 Å². The Morgan fingerprint density at radius 2 is 2.03 bits per heavy atom. The molecule has 162 valence electrons. The van der Waals surface area contributed by atoms with Gasteiger partial charge >= 0.3 is 0 Å². The summed E-state index contributed by atoms with van der Waals surface area (Å²) in [7, 11) is 1.55. The molecule has 3 aromatic rings. The van der Waals surface area contributed by atoms with Gasteiger partial charge in [0.15, 0.2) is 11.5 Å². The summed E-state index contributed by atoms with van der Waals surface area (Å²) in [6.45, 7) is 2.13. The Bertz CT molecular complexity index is 1220. The molecule has 0 aliphatic rings. The van der Waals surface area contributed by atoms with Crippen LogP contribution >= 0.6 is 34.2 Å². The molecule has 8 heteroatoms. The van der Waals surface area contributed by atoms with Gasteiger partial charge in [-0.2, -0.15) is 10.4 Å². The molecular formula is C24H19ClIN3O3. The fourth-order valence-corrected chi connectivity index (χ4v) is 3.99. The van der Waals surface area contributed by atoms with Crippen molar-refractivity contribution in [2.45, 2.75) is 13.5 Å². The van der Waals surface area contributed by atoms with E-state index in [-0.39, 0.29) is 6.61 Å². The summed E-state index contributed by atoms with van der Waals surface area (Å²) in [6.07, 6.45) is 1.51. The minimum absolute atomic E-state index is 0.233. The number of nitrogens with one attached hydrogen (secondary N) is 1. The number of ether oxygens (including phenoxy) is 2. The summed E-state index contributed by atoms with van der Waals surface area (Å²) in [5, 5.41) is 13.6. The average Bonchev–Trinajstić information content (AvgIpc) is 2.78. The van der Waals surface area contributed by atoms with Gasteiger partial charge in [0.1, 0.15) is 6.61 Å². The Morgan fingerprint density at radius 1 is 1.25 bits per heavy atom. The van der Waals surface area contributed by atoms with Crippen molar-refractivity contribution in [3.05, 3.63) is 91.0 Å².